The van der Waals surface area contributed by atoms with Gasteiger partial charge in [-0.1, -0.05) is 12.1 Å². The van der Waals surface area contributed by atoms with Crippen molar-refractivity contribution in [1.82, 2.24) is 15.5 Å². The van der Waals surface area contributed by atoms with Crippen LogP contribution >= 0.6 is 0 Å². The lowest BCUT2D eigenvalue weighted by molar-refractivity contribution is -0.0178. The van der Waals surface area contributed by atoms with Crippen LogP contribution in [0.15, 0.2) is 4.52 Å². The first-order valence-corrected chi connectivity index (χ1v) is 8.32. The molecular formula is C16H27N3O2. The van der Waals surface area contributed by atoms with Crippen molar-refractivity contribution < 1.29 is 9.26 Å². The SMILES string of the molecule is COC1(c2noc(CC(C)C3CCCNC3)n2)CCCC1. The Balaban J connectivity index is 1.64. The van der Waals surface area contributed by atoms with Gasteiger partial charge in [-0.2, -0.15) is 4.98 Å². The third-order valence-corrected chi connectivity index (χ3v) is 5.31. The number of methoxy groups -OCH3 is 1. The van der Waals surface area contributed by atoms with Gasteiger partial charge in [-0.3, -0.25) is 0 Å². The van der Waals surface area contributed by atoms with Crippen LogP contribution in [0.2, 0.25) is 0 Å². The molecule has 21 heavy (non-hydrogen) atoms. The summed E-state index contributed by atoms with van der Waals surface area (Å²) in [6.07, 6.45) is 7.83. The summed E-state index contributed by atoms with van der Waals surface area (Å²) in [6, 6.07) is 0. The van der Waals surface area contributed by atoms with E-state index in [0.717, 1.165) is 50.0 Å². The van der Waals surface area contributed by atoms with Crippen molar-refractivity contribution in [1.29, 1.82) is 0 Å². The van der Waals surface area contributed by atoms with E-state index < -0.39 is 0 Å². The molecule has 1 N–H and O–H groups in total. The molecule has 1 saturated carbocycles. The first-order chi connectivity index (χ1) is 10.2. The van der Waals surface area contributed by atoms with Crippen LogP contribution in [0.25, 0.3) is 0 Å². The molecule has 2 unspecified atom stereocenters. The standard InChI is InChI=1S/C16H27N3O2/c1-12(13-6-5-9-17-11-13)10-14-18-15(19-21-14)16(20-2)7-3-4-8-16/h12-13,17H,3-11H2,1-2H3. The van der Waals surface area contributed by atoms with E-state index in [2.05, 4.69) is 22.4 Å². The molecule has 1 aromatic heterocycles. The highest BCUT2D eigenvalue weighted by atomic mass is 16.5. The fourth-order valence-electron chi connectivity index (χ4n) is 3.79. The molecule has 1 aromatic rings. The number of piperidine rings is 1. The highest BCUT2D eigenvalue weighted by Gasteiger charge is 2.40. The second-order valence-electron chi connectivity index (χ2n) is 6.71. The maximum absolute atomic E-state index is 5.72. The van der Waals surface area contributed by atoms with E-state index in [1.807, 2.05) is 0 Å². The summed E-state index contributed by atoms with van der Waals surface area (Å²) >= 11 is 0. The van der Waals surface area contributed by atoms with Gasteiger partial charge >= 0.3 is 0 Å². The highest BCUT2D eigenvalue weighted by Crippen LogP contribution is 2.40. The molecule has 3 rings (SSSR count). The number of hydrogen-bond acceptors (Lipinski definition) is 5. The Morgan fingerprint density at radius 1 is 1.38 bits per heavy atom. The Hall–Kier alpha value is -0.940. The first kappa shape index (κ1) is 15.0. The van der Waals surface area contributed by atoms with Crippen LogP contribution in [0.1, 0.15) is 57.2 Å². The van der Waals surface area contributed by atoms with E-state index in [0.29, 0.717) is 5.92 Å². The fourth-order valence-corrected chi connectivity index (χ4v) is 3.79. The third-order valence-electron chi connectivity index (χ3n) is 5.31. The van der Waals surface area contributed by atoms with E-state index in [4.69, 9.17) is 9.26 Å². The number of nitrogens with zero attached hydrogens (tertiary/aromatic N) is 2. The zero-order valence-electron chi connectivity index (χ0n) is 13.2. The molecule has 1 aliphatic carbocycles. The molecule has 118 valence electrons. The lowest BCUT2D eigenvalue weighted by Crippen LogP contribution is -2.34. The number of nitrogens with one attached hydrogen (secondary N) is 1. The number of hydrogen-bond donors (Lipinski definition) is 1. The minimum Gasteiger partial charge on any atom is -0.370 e. The van der Waals surface area contributed by atoms with Crippen molar-refractivity contribution in [2.75, 3.05) is 20.2 Å². The van der Waals surface area contributed by atoms with Crippen molar-refractivity contribution in [2.45, 2.75) is 57.5 Å². The van der Waals surface area contributed by atoms with Crippen molar-refractivity contribution in [3.8, 4) is 0 Å². The fraction of sp³-hybridized carbons (Fsp3) is 0.875. The molecular weight excluding hydrogens is 266 g/mol. The van der Waals surface area contributed by atoms with Gasteiger partial charge in [0, 0.05) is 13.5 Å². The second-order valence-corrected chi connectivity index (χ2v) is 6.71. The average Bonchev–Trinajstić information content (AvgIpc) is 3.17. The van der Waals surface area contributed by atoms with Crippen LogP contribution in [0.5, 0.6) is 0 Å². The summed E-state index contributed by atoms with van der Waals surface area (Å²) in [7, 11) is 1.76. The monoisotopic (exact) mass is 293 g/mol. The quantitative estimate of drug-likeness (QED) is 0.904. The average molecular weight is 293 g/mol. The van der Waals surface area contributed by atoms with Gasteiger partial charge in [0.15, 0.2) is 0 Å². The third kappa shape index (κ3) is 3.14. The number of rotatable bonds is 5. The molecule has 2 fully saturated rings. The molecule has 0 radical (unpaired) electrons. The molecule has 1 aliphatic heterocycles. The Kier molecular flexibility index (Phi) is 4.60. The summed E-state index contributed by atoms with van der Waals surface area (Å²) in [5.41, 5.74) is -0.294. The van der Waals surface area contributed by atoms with E-state index in [9.17, 15) is 0 Å². The number of aromatic nitrogens is 2. The van der Waals surface area contributed by atoms with Crippen molar-refractivity contribution in [2.24, 2.45) is 11.8 Å². The van der Waals surface area contributed by atoms with Gasteiger partial charge in [-0.25, -0.2) is 0 Å². The number of ether oxygens (including phenoxy) is 1. The Bertz CT molecular complexity index is 448. The van der Waals surface area contributed by atoms with Crippen LogP contribution < -0.4 is 5.32 Å². The van der Waals surface area contributed by atoms with Gasteiger partial charge in [0.1, 0.15) is 5.60 Å². The Labute approximate surface area is 126 Å². The predicted molar refractivity (Wildman–Crippen MR) is 79.9 cm³/mol. The zero-order valence-corrected chi connectivity index (χ0v) is 13.2. The van der Waals surface area contributed by atoms with E-state index in [1.165, 1.54) is 25.7 Å². The summed E-state index contributed by atoms with van der Waals surface area (Å²) in [5.74, 6) is 2.82. The predicted octanol–water partition coefficient (Wildman–Crippen LogP) is 2.66. The van der Waals surface area contributed by atoms with Crippen molar-refractivity contribution in [3.63, 3.8) is 0 Å². The maximum Gasteiger partial charge on any atom is 0.227 e. The van der Waals surface area contributed by atoms with Crippen LogP contribution in [0.4, 0.5) is 0 Å². The molecule has 5 heteroatoms. The molecule has 0 aromatic carbocycles. The van der Waals surface area contributed by atoms with Gasteiger partial charge in [-0.05, 0) is 63.5 Å². The summed E-state index contributed by atoms with van der Waals surface area (Å²) in [5, 5.41) is 7.69. The summed E-state index contributed by atoms with van der Waals surface area (Å²) in [6.45, 7) is 4.57. The smallest absolute Gasteiger partial charge is 0.227 e. The Morgan fingerprint density at radius 2 is 2.19 bits per heavy atom. The molecule has 0 amide bonds. The Morgan fingerprint density at radius 3 is 2.86 bits per heavy atom. The van der Waals surface area contributed by atoms with E-state index in [-0.39, 0.29) is 5.60 Å². The zero-order chi connectivity index (χ0) is 14.7. The van der Waals surface area contributed by atoms with Gasteiger partial charge in [0.2, 0.25) is 11.7 Å². The lowest BCUT2D eigenvalue weighted by Gasteiger charge is -2.27. The van der Waals surface area contributed by atoms with Crippen LogP contribution in [-0.2, 0) is 16.8 Å². The maximum atomic E-state index is 5.72. The molecule has 2 atom stereocenters. The molecule has 1 saturated heterocycles. The van der Waals surface area contributed by atoms with Crippen LogP contribution in [-0.4, -0.2) is 30.3 Å². The summed E-state index contributed by atoms with van der Waals surface area (Å²) in [4.78, 5) is 4.65. The summed E-state index contributed by atoms with van der Waals surface area (Å²) < 4.78 is 11.2. The second kappa shape index (κ2) is 6.44. The lowest BCUT2D eigenvalue weighted by atomic mass is 9.85. The minimum absolute atomic E-state index is 0.294. The molecule has 0 bridgehead atoms. The van der Waals surface area contributed by atoms with Gasteiger partial charge in [0.25, 0.3) is 0 Å². The van der Waals surface area contributed by atoms with Gasteiger partial charge < -0.3 is 14.6 Å². The van der Waals surface area contributed by atoms with Gasteiger partial charge in [0.05, 0.1) is 0 Å². The first-order valence-electron chi connectivity index (χ1n) is 8.32. The molecule has 0 spiro atoms. The van der Waals surface area contributed by atoms with Crippen LogP contribution in [0.3, 0.4) is 0 Å². The topological polar surface area (TPSA) is 60.2 Å². The van der Waals surface area contributed by atoms with Crippen LogP contribution in [0, 0.1) is 11.8 Å². The highest BCUT2D eigenvalue weighted by molar-refractivity contribution is 5.04. The van der Waals surface area contributed by atoms with Gasteiger partial charge in [-0.15, -0.1) is 0 Å². The normalized spacial score (nSPS) is 26.9. The molecule has 2 heterocycles. The largest absolute Gasteiger partial charge is 0.370 e. The molecule has 5 nitrogen and oxygen atoms in total. The minimum atomic E-state index is -0.294. The van der Waals surface area contributed by atoms with E-state index >= 15 is 0 Å². The molecule has 2 aliphatic rings. The van der Waals surface area contributed by atoms with Crippen molar-refractivity contribution >= 4 is 0 Å². The van der Waals surface area contributed by atoms with E-state index in [1.54, 1.807) is 7.11 Å². The van der Waals surface area contributed by atoms with Crippen molar-refractivity contribution in [3.05, 3.63) is 11.7 Å².